The van der Waals surface area contributed by atoms with Gasteiger partial charge < -0.3 is 19.5 Å². The van der Waals surface area contributed by atoms with Crippen molar-refractivity contribution in [2.75, 3.05) is 20.8 Å². The lowest BCUT2D eigenvalue weighted by molar-refractivity contribution is -0.124. The number of benzene rings is 2. The topological polar surface area (TPSA) is 109 Å². The lowest BCUT2D eigenvalue weighted by Crippen LogP contribution is -2.32. The molecule has 1 aromatic heterocycles. The molecule has 9 nitrogen and oxygen atoms in total. The quantitative estimate of drug-likeness (QED) is 0.482. The van der Waals surface area contributed by atoms with Crippen LogP contribution in [0, 0.1) is 5.92 Å². The molecule has 0 fully saturated rings. The maximum Gasteiger partial charge on any atom is 0.359 e. The van der Waals surface area contributed by atoms with Gasteiger partial charge in [-0.2, -0.15) is 5.10 Å². The molecular weight excluding hydrogens is 438 g/mol. The van der Waals surface area contributed by atoms with Gasteiger partial charge in [0.2, 0.25) is 0 Å². The number of nitrogens with zero attached hydrogens (tertiary/aromatic N) is 2. The third kappa shape index (κ3) is 5.54. The monoisotopic (exact) mass is 467 g/mol. The normalized spacial score (nSPS) is 11.8. The third-order valence-electron chi connectivity index (χ3n) is 5.21. The first-order chi connectivity index (χ1) is 16.2. The SMILES string of the molecule is COc1ccc(OC)c(C(C)NC(=O)COC(=O)c2nn(CC(C)C)c(=O)c3ccccc23)c1. The van der Waals surface area contributed by atoms with Crippen LogP contribution in [-0.4, -0.2) is 42.5 Å². The van der Waals surface area contributed by atoms with E-state index < -0.39 is 24.5 Å². The molecule has 3 aromatic rings. The van der Waals surface area contributed by atoms with Gasteiger partial charge in [0.25, 0.3) is 11.5 Å². The molecule has 0 saturated heterocycles. The van der Waals surface area contributed by atoms with Gasteiger partial charge in [-0.15, -0.1) is 0 Å². The van der Waals surface area contributed by atoms with E-state index >= 15 is 0 Å². The zero-order chi connectivity index (χ0) is 24.8. The van der Waals surface area contributed by atoms with Gasteiger partial charge >= 0.3 is 5.97 Å². The molecule has 0 aliphatic heterocycles. The Hall–Kier alpha value is -3.88. The molecule has 2 aromatic carbocycles. The second kappa shape index (κ2) is 10.8. The Kier molecular flexibility index (Phi) is 7.88. The molecule has 0 bridgehead atoms. The molecule has 0 saturated carbocycles. The molecule has 0 radical (unpaired) electrons. The maximum atomic E-state index is 12.8. The molecule has 1 N–H and O–H groups in total. The highest BCUT2D eigenvalue weighted by Gasteiger charge is 2.21. The third-order valence-corrected chi connectivity index (χ3v) is 5.21. The molecule has 1 amide bonds. The van der Waals surface area contributed by atoms with Crippen molar-refractivity contribution in [3.63, 3.8) is 0 Å². The van der Waals surface area contributed by atoms with Crippen molar-refractivity contribution < 1.29 is 23.8 Å². The summed E-state index contributed by atoms with van der Waals surface area (Å²) in [6, 6.07) is 11.6. The van der Waals surface area contributed by atoms with Crippen molar-refractivity contribution in [2.24, 2.45) is 5.92 Å². The van der Waals surface area contributed by atoms with Crippen molar-refractivity contribution in [3.8, 4) is 11.5 Å². The summed E-state index contributed by atoms with van der Waals surface area (Å²) < 4.78 is 17.1. The Morgan fingerprint density at radius 2 is 1.74 bits per heavy atom. The van der Waals surface area contributed by atoms with Crippen LogP contribution in [0.25, 0.3) is 10.8 Å². The molecule has 1 atom stereocenters. The number of amides is 1. The number of hydrogen-bond acceptors (Lipinski definition) is 7. The van der Waals surface area contributed by atoms with Gasteiger partial charge in [0.15, 0.2) is 12.3 Å². The molecule has 1 unspecified atom stereocenters. The fourth-order valence-corrected chi connectivity index (χ4v) is 3.59. The van der Waals surface area contributed by atoms with E-state index in [0.29, 0.717) is 28.8 Å². The average Bonchev–Trinajstić information content (AvgIpc) is 2.83. The smallest absolute Gasteiger partial charge is 0.359 e. The molecule has 34 heavy (non-hydrogen) atoms. The largest absolute Gasteiger partial charge is 0.497 e. The Balaban J connectivity index is 1.75. The van der Waals surface area contributed by atoms with Gasteiger partial charge in [0.05, 0.1) is 25.6 Å². The van der Waals surface area contributed by atoms with Crippen molar-refractivity contribution in [2.45, 2.75) is 33.4 Å². The highest BCUT2D eigenvalue weighted by atomic mass is 16.5. The summed E-state index contributed by atoms with van der Waals surface area (Å²) in [4.78, 5) is 38.1. The number of nitrogens with one attached hydrogen (secondary N) is 1. The van der Waals surface area contributed by atoms with Crippen LogP contribution in [-0.2, 0) is 16.1 Å². The predicted octanol–water partition coefficient (Wildman–Crippen LogP) is 3.10. The lowest BCUT2D eigenvalue weighted by Gasteiger charge is -2.18. The van der Waals surface area contributed by atoms with Crippen molar-refractivity contribution in [3.05, 3.63) is 64.1 Å². The van der Waals surface area contributed by atoms with Crippen LogP contribution in [0.5, 0.6) is 11.5 Å². The Bertz CT molecular complexity index is 1250. The zero-order valence-electron chi connectivity index (χ0n) is 20.0. The molecule has 0 spiro atoms. The average molecular weight is 468 g/mol. The second-order valence-electron chi connectivity index (χ2n) is 8.25. The van der Waals surface area contributed by atoms with E-state index in [2.05, 4.69) is 10.4 Å². The number of methoxy groups -OCH3 is 2. The van der Waals surface area contributed by atoms with Gasteiger partial charge in [-0.1, -0.05) is 32.0 Å². The molecule has 180 valence electrons. The van der Waals surface area contributed by atoms with E-state index in [1.54, 1.807) is 56.5 Å². The molecule has 9 heteroatoms. The summed E-state index contributed by atoms with van der Waals surface area (Å²) in [5, 5.41) is 7.77. The zero-order valence-corrected chi connectivity index (χ0v) is 20.0. The highest BCUT2D eigenvalue weighted by molar-refractivity contribution is 6.02. The van der Waals surface area contributed by atoms with E-state index in [4.69, 9.17) is 14.2 Å². The number of carbonyl (C=O) groups excluding carboxylic acids is 2. The van der Waals surface area contributed by atoms with Gasteiger partial charge in [0, 0.05) is 17.5 Å². The Morgan fingerprint density at radius 1 is 1.03 bits per heavy atom. The van der Waals surface area contributed by atoms with E-state index in [-0.39, 0.29) is 17.2 Å². The first-order valence-corrected chi connectivity index (χ1v) is 10.9. The standard InChI is InChI=1S/C25H29N3O6/c1-15(2)13-28-24(30)19-9-7-6-8-18(19)23(27-28)25(31)34-14-22(29)26-16(3)20-12-17(32-4)10-11-21(20)33-5/h6-12,15-16H,13-14H2,1-5H3,(H,26,29). The number of ether oxygens (including phenoxy) is 3. The number of fused-ring (bicyclic) bond motifs is 1. The number of esters is 1. The number of rotatable bonds is 9. The lowest BCUT2D eigenvalue weighted by atomic mass is 10.1. The minimum absolute atomic E-state index is 0.00818. The summed E-state index contributed by atoms with van der Waals surface area (Å²) in [5.41, 5.74) is 0.431. The fraction of sp³-hybridized carbons (Fsp3) is 0.360. The van der Waals surface area contributed by atoms with Crippen LogP contribution < -0.4 is 20.3 Å². The number of carbonyl (C=O) groups is 2. The van der Waals surface area contributed by atoms with Gasteiger partial charge in [-0.3, -0.25) is 9.59 Å². The van der Waals surface area contributed by atoms with Gasteiger partial charge in [-0.05, 0) is 37.1 Å². The van der Waals surface area contributed by atoms with E-state index in [1.807, 2.05) is 13.8 Å². The van der Waals surface area contributed by atoms with Gasteiger partial charge in [-0.25, -0.2) is 9.48 Å². The highest BCUT2D eigenvalue weighted by Crippen LogP contribution is 2.29. The summed E-state index contributed by atoms with van der Waals surface area (Å²) in [5.74, 6) is 0.0866. The first-order valence-electron chi connectivity index (χ1n) is 10.9. The molecule has 0 aliphatic rings. The van der Waals surface area contributed by atoms with E-state index in [9.17, 15) is 14.4 Å². The Morgan fingerprint density at radius 3 is 2.38 bits per heavy atom. The summed E-state index contributed by atoms with van der Waals surface area (Å²) in [7, 11) is 3.09. The fourth-order valence-electron chi connectivity index (χ4n) is 3.59. The minimum Gasteiger partial charge on any atom is -0.497 e. The van der Waals surface area contributed by atoms with Crippen molar-refractivity contribution in [1.82, 2.24) is 15.1 Å². The van der Waals surface area contributed by atoms with Crippen LogP contribution in [0.3, 0.4) is 0 Å². The molecule has 1 heterocycles. The van der Waals surface area contributed by atoms with Crippen LogP contribution in [0.2, 0.25) is 0 Å². The Labute approximate surface area is 197 Å². The van der Waals surface area contributed by atoms with E-state index in [1.165, 1.54) is 11.8 Å². The molecule has 3 rings (SSSR count). The predicted molar refractivity (Wildman–Crippen MR) is 127 cm³/mol. The number of aromatic nitrogens is 2. The second-order valence-corrected chi connectivity index (χ2v) is 8.25. The number of hydrogen-bond donors (Lipinski definition) is 1. The van der Waals surface area contributed by atoms with Crippen molar-refractivity contribution >= 4 is 22.6 Å². The van der Waals surface area contributed by atoms with Crippen LogP contribution in [0.1, 0.15) is 42.9 Å². The van der Waals surface area contributed by atoms with E-state index in [0.717, 1.165) is 5.56 Å². The first kappa shape index (κ1) is 24.8. The summed E-state index contributed by atoms with van der Waals surface area (Å²) in [6.45, 7) is 5.53. The minimum atomic E-state index is -0.782. The molecular formula is C25H29N3O6. The van der Waals surface area contributed by atoms with Crippen molar-refractivity contribution in [1.29, 1.82) is 0 Å². The van der Waals surface area contributed by atoms with Crippen LogP contribution in [0.4, 0.5) is 0 Å². The van der Waals surface area contributed by atoms with Crippen LogP contribution in [0.15, 0.2) is 47.3 Å². The molecule has 0 aliphatic carbocycles. The van der Waals surface area contributed by atoms with Crippen LogP contribution >= 0.6 is 0 Å². The summed E-state index contributed by atoms with van der Waals surface area (Å²) in [6.07, 6.45) is 0. The summed E-state index contributed by atoms with van der Waals surface area (Å²) >= 11 is 0. The van der Waals surface area contributed by atoms with Gasteiger partial charge in [0.1, 0.15) is 11.5 Å². The maximum absolute atomic E-state index is 12.8.